The number of hydrogen-bond donors (Lipinski definition) is 2. The molecule has 0 saturated carbocycles. The quantitative estimate of drug-likeness (QED) is 0.709. The topological polar surface area (TPSA) is 58.6 Å². The summed E-state index contributed by atoms with van der Waals surface area (Å²) < 4.78 is 4.92. The summed E-state index contributed by atoms with van der Waals surface area (Å²) in [5.41, 5.74) is 0.957. The highest BCUT2D eigenvalue weighted by atomic mass is 16.5. The van der Waals surface area contributed by atoms with Gasteiger partial charge >= 0.3 is 0 Å². The van der Waals surface area contributed by atoms with E-state index in [1.54, 1.807) is 32.4 Å². The van der Waals surface area contributed by atoms with Gasteiger partial charge in [0.1, 0.15) is 5.75 Å². The standard InChI is InChI=1S/C11H15NO3/c1-12-6-10(13)9-5-3-4-8(7-15-2)11(9)14/h3-5,12,14H,6-7H2,1-2H3. The van der Waals surface area contributed by atoms with Crippen LogP contribution in [0.15, 0.2) is 18.2 Å². The summed E-state index contributed by atoms with van der Waals surface area (Å²) in [5.74, 6) is -0.118. The van der Waals surface area contributed by atoms with E-state index in [1.165, 1.54) is 0 Å². The number of ketones is 1. The smallest absolute Gasteiger partial charge is 0.180 e. The van der Waals surface area contributed by atoms with E-state index >= 15 is 0 Å². The number of aromatic hydroxyl groups is 1. The van der Waals surface area contributed by atoms with E-state index in [0.717, 1.165) is 0 Å². The van der Waals surface area contributed by atoms with Crippen LogP contribution in [0.2, 0.25) is 0 Å². The second kappa shape index (κ2) is 5.48. The number of likely N-dealkylation sites (N-methyl/N-ethyl adjacent to an activating group) is 1. The van der Waals surface area contributed by atoms with Crippen molar-refractivity contribution in [2.24, 2.45) is 0 Å². The Morgan fingerprint density at radius 3 is 2.87 bits per heavy atom. The maximum atomic E-state index is 11.6. The largest absolute Gasteiger partial charge is 0.507 e. The molecular formula is C11H15NO3. The molecule has 1 aromatic rings. The van der Waals surface area contributed by atoms with E-state index in [-0.39, 0.29) is 18.1 Å². The van der Waals surface area contributed by atoms with Gasteiger partial charge in [0.25, 0.3) is 0 Å². The lowest BCUT2D eigenvalue weighted by Crippen LogP contribution is -2.18. The van der Waals surface area contributed by atoms with E-state index in [0.29, 0.717) is 17.7 Å². The number of rotatable bonds is 5. The Balaban J connectivity index is 2.98. The number of ether oxygens (including phenoxy) is 1. The summed E-state index contributed by atoms with van der Waals surface area (Å²) in [7, 11) is 3.23. The van der Waals surface area contributed by atoms with E-state index in [1.807, 2.05) is 0 Å². The van der Waals surface area contributed by atoms with Gasteiger partial charge in [-0.2, -0.15) is 0 Å². The Hall–Kier alpha value is -1.39. The number of carbonyl (C=O) groups excluding carboxylic acids is 1. The summed E-state index contributed by atoms with van der Waals surface area (Å²) in [5, 5.41) is 12.5. The minimum absolute atomic E-state index is 0.0135. The molecule has 0 heterocycles. The minimum atomic E-state index is -0.132. The maximum Gasteiger partial charge on any atom is 0.180 e. The molecule has 1 aromatic carbocycles. The van der Waals surface area contributed by atoms with Crippen LogP contribution in [0.4, 0.5) is 0 Å². The SMILES string of the molecule is CNCC(=O)c1cccc(COC)c1O. The van der Waals surface area contributed by atoms with Crippen molar-refractivity contribution in [2.45, 2.75) is 6.61 Å². The van der Waals surface area contributed by atoms with Gasteiger partial charge in [0.15, 0.2) is 5.78 Å². The number of carbonyl (C=O) groups is 1. The van der Waals surface area contributed by atoms with Crippen molar-refractivity contribution in [2.75, 3.05) is 20.7 Å². The summed E-state index contributed by atoms with van der Waals surface area (Å²) in [6.07, 6.45) is 0. The molecule has 0 bridgehead atoms. The molecule has 4 heteroatoms. The molecule has 0 aliphatic carbocycles. The number of phenols is 1. The molecule has 0 aromatic heterocycles. The van der Waals surface area contributed by atoms with Crippen LogP contribution in [0.5, 0.6) is 5.75 Å². The predicted molar refractivity (Wildman–Crippen MR) is 57.1 cm³/mol. The summed E-state index contributed by atoms with van der Waals surface area (Å²) in [6, 6.07) is 5.07. The first-order valence-electron chi connectivity index (χ1n) is 4.68. The third-order valence-corrected chi connectivity index (χ3v) is 2.06. The Bertz CT molecular complexity index is 350. The van der Waals surface area contributed by atoms with Crippen LogP contribution in [0.3, 0.4) is 0 Å². The van der Waals surface area contributed by atoms with Crippen molar-refractivity contribution in [3.05, 3.63) is 29.3 Å². The Labute approximate surface area is 88.9 Å². The van der Waals surface area contributed by atoms with Crippen LogP contribution in [0.25, 0.3) is 0 Å². The summed E-state index contributed by atoms with van der Waals surface area (Å²) in [4.78, 5) is 11.6. The fraction of sp³-hybridized carbons (Fsp3) is 0.364. The molecular weight excluding hydrogens is 194 g/mol. The summed E-state index contributed by atoms with van der Waals surface area (Å²) >= 11 is 0. The molecule has 0 atom stereocenters. The molecule has 2 N–H and O–H groups in total. The predicted octanol–water partition coefficient (Wildman–Crippen LogP) is 0.941. The van der Waals surface area contributed by atoms with Crippen molar-refractivity contribution < 1.29 is 14.6 Å². The fourth-order valence-electron chi connectivity index (χ4n) is 1.34. The molecule has 0 radical (unpaired) electrons. The van der Waals surface area contributed by atoms with Gasteiger partial charge in [0, 0.05) is 12.7 Å². The molecule has 15 heavy (non-hydrogen) atoms. The van der Waals surface area contributed by atoms with Crippen LogP contribution in [-0.4, -0.2) is 31.6 Å². The number of para-hydroxylation sites is 1. The average Bonchev–Trinajstić information content (AvgIpc) is 2.22. The molecule has 0 spiro atoms. The number of benzene rings is 1. The third-order valence-electron chi connectivity index (χ3n) is 2.06. The van der Waals surface area contributed by atoms with Gasteiger partial charge in [-0.25, -0.2) is 0 Å². The van der Waals surface area contributed by atoms with Crippen LogP contribution < -0.4 is 5.32 Å². The third kappa shape index (κ3) is 2.78. The molecule has 82 valence electrons. The fourth-order valence-corrected chi connectivity index (χ4v) is 1.34. The first-order chi connectivity index (χ1) is 7.20. The molecule has 4 nitrogen and oxygen atoms in total. The zero-order valence-corrected chi connectivity index (χ0v) is 8.91. The number of methoxy groups -OCH3 is 1. The number of Topliss-reactive ketones (excluding diaryl/α,β-unsaturated/α-hetero) is 1. The second-order valence-corrected chi connectivity index (χ2v) is 3.20. The Morgan fingerprint density at radius 2 is 2.27 bits per heavy atom. The number of phenolic OH excluding ortho intramolecular Hbond substituents is 1. The van der Waals surface area contributed by atoms with Crippen LogP contribution in [0.1, 0.15) is 15.9 Å². The van der Waals surface area contributed by atoms with Gasteiger partial charge in [-0.1, -0.05) is 12.1 Å². The van der Waals surface area contributed by atoms with Crippen molar-refractivity contribution >= 4 is 5.78 Å². The molecule has 0 aliphatic rings. The molecule has 0 saturated heterocycles. The first kappa shape index (κ1) is 11.7. The zero-order chi connectivity index (χ0) is 11.3. The molecule has 0 aliphatic heterocycles. The lowest BCUT2D eigenvalue weighted by molar-refractivity contribution is 0.0990. The monoisotopic (exact) mass is 209 g/mol. The maximum absolute atomic E-state index is 11.6. The lowest BCUT2D eigenvalue weighted by atomic mass is 10.1. The second-order valence-electron chi connectivity index (χ2n) is 3.20. The van der Waals surface area contributed by atoms with E-state index in [4.69, 9.17) is 4.74 Å². The minimum Gasteiger partial charge on any atom is -0.507 e. The average molecular weight is 209 g/mol. The number of hydrogen-bond acceptors (Lipinski definition) is 4. The zero-order valence-electron chi connectivity index (χ0n) is 8.91. The first-order valence-corrected chi connectivity index (χ1v) is 4.68. The molecule has 1 rings (SSSR count). The van der Waals surface area contributed by atoms with Gasteiger partial charge in [-0.15, -0.1) is 0 Å². The normalized spacial score (nSPS) is 10.3. The van der Waals surface area contributed by atoms with Crippen LogP contribution >= 0.6 is 0 Å². The van der Waals surface area contributed by atoms with E-state index in [9.17, 15) is 9.90 Å². The highest BCUT2D eigenvalue weighted by Crippen LogP contribution is 2.23. The lowest BCUT2D eigenvalue weighted by Gasteiger charge is -2.07. The Morgan fingerprint density at radius 1 is 1.53 bits per heavy atom. The van der Waals surface area contributed by atoms with Gasteiger partial charge in [-0.05, 0) is 13.1 Å². The Kier molecular flexibility index (Phi) is 4.27. The van der Waals surface area contributed by atoms with Crippen molar-refractivity contribution in [3.63, 3.8) is 0 Å². The highest BCUT2D eigenvalue weighted by Gasteiger charge is 2.12. The van der Waals surface area contributed by atoms with Gasteiger partial charge in [0.05, 0.1) is 18.7 Å². The van der Waals surface area contributed by atoms with Crippen LogP contribution in [0, 0.1) is 0 Å². The van der Waals surface area contributed by atoms with Gasteiger partial charge in [-0.3, -0.25) is 4.79 Å². The number of nitrogens with one attached hydrogen (secondary N) is 1. The van der Waals surface area contributed by atoms with Gasteiger partial charge < -0.3 is 15.2 Å². The molecule has 0 fully saturated rings. The van der Waals surface area contributed by atoms with Crippen LogP contribution in [-0.2, 0) is 11.3 Å². The summed E-state index contributed by atoms with van der Waals surface area (Å²) in [6.45, 7) is 0.510. The molecule has 0 unspecified atom stereocenters. The van der Waals surface area contributed by atoms with Crippen molar-refractivity contribution in [1.82, 2.24) is 5.32 Å². The van der Waals surface area contributed by atoms with E-state index in [2.05, 4.69) is 5.32 Å². The van der Waals surface area contributed by atoms with Crippen molar-refractivity contribution in [1.29, 1.82) is 0 Å². The van der Waals surface area contributed by atoms with Gasteiger partial charge in [0.2, 0.25) is 0 Å². The van der Waals surface area contributed by atoms with Crippen molar-refractivity contribution in [3.8, 4) is 5.75 Å². The highest BCUT2D eigenvalue weighted by molar-refractivity contribution is 6.00. The molecule has 0 amide bonds. The van der Waals surface area contributed by atoms with E-state index < -0.39 is 0 Å².